The average Bonchev–Trinajstić information content (AvgIpc) is 2.70. The van der Waals surface area contributed by atoms with Crippen LogP contribution < -0.4 is 5.32 Å². The highest BCUT2D eigenvalue weighted by Gasteiger charge is 2.28. The zero-order valence-electron chi connectivity index (χ0n) is 18.4. The second-order valence-electron chi connectivity index (χ2n) is 8.24. The van der Waals surface area contributed by atoms with Crippen LogP contribution in [0.3, 0.4) is 0 Å². The first kappa shape index (κ1) is 22.5. The van der Waals surface area contributed by atoms with E-state index in [1.165, 1.54) is 10.4 Å². The molecule has 2 aromatic rings. The first-order valence-electron chi connectivity index (χ1n) is 10.3. The summed E-state index contributed by atoms with van der Waals surface area (Å²) in [5.74, 6) is -0.267. The maximum Gasteiger partial charge on any atom is 0.252 e. The van der Waals surface area contributed by atoms with E-state index in [4.69, 9.17) is 0 Å². The third-order valence-electron chi connectivity index (χ3n) is 5.80. The molecule has 1 atom stereocenters. The second-order valence-corrected chi connectivity index (χ2v) is 10.2. The lowest BCUT2D eigenvalue weighted by Gasteiger charge is -2.31. The summed E-state index contributed by atoms with van der Waals surface area (Å²) >= 11 is 0. The summed E-state index contributed by atoms with van der Waals surface area (Å²) in [4.78, 5) is 15.3. The van der Waals surface area contributed by atoms with Gasteiger partial charge >= 0.3 is 0 Å². The summed E-state index contributed by atoms with van der Waals surface area (Å²) in [6.07, 6.45) is 0. The van der Waals surface area contributed by atoms with Crippen molar-refractivity contribution in [3.8, 4) is 0 Å². The maximum atomic E-state index is 13.1. The Bertz CT molecular complexity index is 1040. The lowest BCUT2D eigenvalue weighted by Crippen LogP contribution is -2.47. The highest BCUT2D eigenvalue weighted by atomic mass is 32.2. The van der Waals surface area contributed by atoms with E-state index in [0.717, 1.165) is 22.3 Å². The van der Waals surface area contributed by atoms with Crippen LogP contribution >= 0.6 is 0 Å². The number of nitrogens with zero attached hydrogens (tertiary/aromatic N) is 2. The quantitative estimate of drug-likeness (QED) is 0.793. The van der Waals surface area contributed by atoms with E-state index in [0.29, 0.717) is 31.7 Å². The number of carbonyl (C=O) groups excluding carboxylic acids is 1. The smallest absolute Gasteiger partial charge is 0.252 e. The molecule has 1 aliphatic heterocycles. The molecule has 3 rings (SSSR count). The first-order chi connectivity index (χ1) is 14.1. The number of piperazine rings is 1. The monoisotopic (exact) mass is 429 g/mol. The van der Waals surface area contributed by atoms with E-state index < -0.39 is 10.0 Å². The minimum absolute atomic E-state index is 0.169. The molecule has 0 unspecified atom stereocenters. The molecule has 30 heavy (non-hydrogen) atoms. The van der Waals surface area contributed by atoms with E-state index in [2.05, 4.69) is 16.3 Å². The molecule has 0 radical (unpaired) electrons. The van der Waals surface area contributed by atoms with E-state index >= 15 is 0 Å². The molecule has 1 heterocycles. The van der Waals surface area contributed by atoms with Crippen molar-refractivity contribution in [2.24, 2.45) is 0 Å². The number of benzene rings is 2. The van der Waals surface area contributed by atoms with Crippen LogP contribution in [-0.2, 0) is 10.0 Å². The van der Waals surface area contributed by atoms with E-state index in [-0.39, 0.29) is 16.8 Å². The molecule has 1 amide bonds. The van der Waals surface area contributed by atoms with Gasteiger partial charge in [-0.3, -0.25) is 4.79 Å². The number of rotatable bonds is 5. The molecular formula is C23H31N3O3S. The Kier molecular flexibility index (Phi) is 6.65. The second kappa shape index (κ2) is 8.88. The Morgan fingerprint density at radius 1 is 0.967 bits per heavy atom. The van der Waals surface area contributed by atoms with Gasteiger partial charge in [-0.25, -0.2) is 8.42 Å². The molecule has 6 nitrogen and oxygen atoms in total. The predicted octanol–water partition coefficient (Wildman–Crippen LogP) is 3.04. The Labute approximate surface area is 179 Å². The lowest BCUT2D eigenvalue weighted by atomic mass is 9.99. The summed E-state index contributed by atoms with van der Waals surface area (Å²) < 4.78 is 27.7. The zero-order chi connectivity index (χ0) is 22.1. The van der Waals surface area contributed by atoms with Crippen molar-refractivity contribution in [1.82, 2.24) is 14.5 Å². The van der Waals surface area contributed by atoms with Gasteiger partial charge in [-0.15, -0.1) is 0 Å². The Balaban J connectivity index is 1.84. The minimum Gasteiger partial charge on any atom is -0.345 e. The SMILES string of the molecule is Cc1ccc(C)c([C@H](C)NC(=O)c2cc(S(=O)(=O)N3CCN(C)CC3)ccc2C)c1. The molecule has 162 valence electrons. The Morgan fingerprint density at radius 2 is 1.60 bits per heavy atom. The molecule has 1 aliphatic rings. The van der Waals surface area contributed by atoms with Gasteiger partial charge in [0.05, 0.1) is 10.9 Å². The predicted molar refractivity (Wildman–Crippen MR) is 119 cm³/mol. The number of hydrogen-bond donors (Lipinski definition) is 1. The normalized spacial score (nSPS) is 17.0. The topological polar surface area (TPSA) is 69.7 Å². The molecule has 1 N–H and O–H groups in total. The number of likely N-dealkylation sites (N-methyl/N-ethyl adjacent to an activating group) is 1. The van der Waals surface area contributed by atoms with Crippen LogP contribution in [0.15, 0.2) is 41.3 Å². The fourth-order valence-electron chi connectivity index (χ4n) is 3.76. The molecule has 1 fully saturated rings. The van der Waals surface area contributed by atoms with Crippen molar-refractivity contribution < 1.29 is 13.2 Å². The highest BCUT2D eigenvalue weighted by Crippen LogP contribution is 2.23. The average molecular weight is 430 g/mol. The van der Waals surface area contributed by atoms with E-state index in [1.54, 1.807) is 12.1 Å². The van der Waals surface area contributed by atoms with Crippen molar-refractivity contribution in [2.45, 2.75) is 38.6 Å². The molecule has 0 spiro atoms. The number of sulfonamides is 1. The van der Waals surface area contributed by atoms with Crippen LogP contribution in [0.25, 0.3) is 0 Å². The number of nitrogens with one attached hydrogen (secondary N) is 1. The number of aryl methyl sites for hydroxylation is 3. The molecular weight excluding hydrogens is 398 g/mol. The third kappa shape index (κ3) is 4.74. The van der Waals surface area contributed by atoms with Crippen molar-refractivity contribution >= 4 is 15.9 Å². The van der Waals surface area contributed by atoms with Crippen LogP contribution in [0.5, 0.6) is 0 Å². The molecule has 0 aliphatic carbocycles. The van der Waals surface area contributed by atoms with Gasteiger partial charge in [0.2, 0.25) is 10.0 Å². The van der Waals surface area contributed by atoms with Crippen LogP contribution in [0.4, 0.5) is 0 Å². The highest BCUT2D eigenvalue weighted by molar-refractivity contribution is 7.89. The van der Waals surface area contributed by atoms with E-state index in [9.17, 15) is 13.2 Å². The summed E-state index contributed by atoms with van der Waals surface area (Å²) in [5, 5.41) is 3.03. The summed E-state index contributed by atoms with van der Waals surface area (Å²) in [5.41, 5.74) is 4.44. The van der Waals surface area contributed by atoms with Crippen molar-refractivity contribution in [2.75, 3.05) is 33.2 Å². The largest absolute Gasteiger partial charge is 0.345 e. The standard InChI is InChI=1S/C23H31N3O3S/c1-16-6-7-17(2)21(14-16)19(4)24-23(27)22-15-20(9-8-18(22)3)30(28,29)26-12-10-25(5)11-13-26/h6-9,14-15,19H,10-13H2,1-5H3,(H,24,27)/t19-/m0/s1. The summed E-state index contributed by atoms with van der Waals surface area (Å²) in [7, 11) is -1.64. The summed E-state index contributed by atoms with van der Waals surface area (Å²) in [6.45, 7) is 10.1. The number of carbonyl (C=O) groups is 1. The number of amides is 1. The van der Waals surface area contributed by atoms with Gasteiger partial charge in [0, 0.05) is 31.7 Å². The van der Waals surface area contributed by atoms with Crippen LogP contribution in [0, 0.1) is 20.8 Å². The number of hydrogen-bond acceptors (Lipinski definition) is 4. The van der Waals surface area contributed by atoms with Gasteiger partial charge in [0.15, 0.2) is 0 Å². The van der Waals surface area contributed by atoms with Gasteiger partial charge in [-0.1, -0.05) is 29.8 Å². The third-order valence-corrected chi connectivity index (χ3v) is 7.70. The lowest BCUT2D eigenvalue weighted by molar-refractivity contribution is 0.0939. The molecule has 2 aromatic carbocycles. The van der Waals surface area contributed by atoms with Gasteiger partial charge in [-0.2, -0.15) is 4.31 Å². The zero-order valence-corrected chi connectivity index (χ0v) is 19.2. The molecule has 0 bridgehead atoms. The molecule has 7 heteroatoms. The van der Waals surface area contributed by atoms with Crippen molar-refractivity contribution in [3.05, 3.63) is 64.2 Å². The fourth-order valence-corrected chi connectivity index (χ4v) is 5.21. The van der Waals surface area contributed by atoms with E-state index in [1.807, 2.05) is 46.9 Å². The van der Waals surface area contributed by atoms with Crippen molar-refractivity contribution in [1.29, 1.82) is 0 Å². The van der Waals surface area contributed by atoms with Gasteiger partial charge in [-0.05, 0) is 63.6 Å². The van der Waals surface area contributed by atoms with Gasteiger partial charge in [0.25, 0.3) is 5.91 Å². The fraction of sp³-hybridized carbons (Fsp3) is 0.435. The Hall–Kier alpha value is -2.22. The van der Waals surface area contributed by atoms with Crippen molar-refractivity contribution in [3.63, 3.8) is 0 Å². The summed E-state index contributed by atoms with van der Waals surface area (Å²) in [6, 6.07) is 10.8. The maximum absolute atomic E-state index is 13.1. The molecule has 0 aromatic heterocycles. The van der Waals surface area contributed by atoms with Crippen LogP contribution in [0.2, 0.25) is 0 Å². The van der Waals surface area contributed by atoms with Gasteiger partial charge in [0.1, 0.15) is 0 Å². The van der Waals surface area contributed by atoms with Crippen LogP contribution in [-0.4, -0.2) is 56.8 Å². The Morgan fingerprint density at radius 3 is 2.27 bits per heavy atom. The molecule has 0 saturated carbocycles. The molecule has 1 saturated heterocycles. The minimum atomic E-state index is -3.62. The van der Waals surface area contributed by atoms with Crippen LogP contribution in [0.1, 0.15) is 45.6 Å². The van der Waals surface area contributed by atoms with Gasteiger partial charge < -0.3 is 10.2 Å². The first-order valence-corrected chi connectivity index (χ1v) is 11.7.